The molecule has 0 bridgehead atoms. The monoisotopic (exact) mass is 438 g/mol. The number of rotatable bonds is 3. The van der Waals surface area contributed by atoms with Crippen molar-refractivity contribution in [1.29, 1.82) is 0 Å². The molecule has 0 radical (unpaired) electrons. The fourth-order valence-corrected chi connectivity index (χ4v) is 4.76. The Hall–Kier alpha value is -2.41. The largest absolute Gasteiger partial charge is 0.358 e. The second kappa shape index (κ2) is 8.99. The van der Waals surface area contributed by atoms with E-state index < -0.39 is 0 Å². The fourth-order valence-electron chi connectivity index (χ4n) is 4.36. The van der Waals surface area contributed by atoms with Gasteiger partial charge in [-0.25, -0.2) is 0 Å². The van der Waals surface area contributed by atoms with Gasteiger partial charge in [0.15, 0.2) is 5.11 Å². The van der Waals surface area contributed by atoms with Crippen LogP contribution in [0.5, 0.6) is 0 Å². The van der Waals surface area contributed by atoms with Crippen LogP contribution in [0.4, 0.5) is 17.6 Å². The van der Waals surface area contributed by atoms with E-state index in [0.29, 0.717) is 17.0 Å². The summed E-state index contributed by atoms with van der Waals surface area (Å²) in [7, 11) is 0. The highest BCUT2D eigenvalue weighted by Crippen LogP contribution is 2.29. The third-order valence-corrected chi connectivity index (χ3v) is 6.05. The van der Waals surface area contributed by atoms with Crippen LogP contribution in [0.15, 0.2) is 30.3 Å². The van der Waals surface area contributed by atoms with Gasteiger partial charge in [-0.1, -0.05) is 31.2 Å². The SMILES string of the molecule is C[C@@H]1CCCN(c2cc(N3CCc4ccccc4C3)nc(NC(=S)NC(C)(C)C)n2)C1. The normalized spacial score (nSPS) is 19.0. The molecule has 31 heavy (non-hydrogen) atoms. The van der Waals surface area contributed by atoms with Gasteiger partial charge in [-0.15, -0.1) is 0 Å². The zero-order valence-corrected chi connectivity index (χ0v) is 19.9. The van der Waals surface area contributed by atoms with Crippen LogP contribution in [0.2, 0.25) is 0 Å². The number of aromatic nitrogens is 2. The molecule has 1 fully saturated rings. The number of piperidine rings is 1. The van der Waals surface area contributed by atoms with Gasteiger partial charge >= 0.3 is 0 Å². The van der Waals surface area contributed by atoms with Crippen LogP contribution in [0.3, 0.4) is 0 Å². The number of anilines is 3. The maximum atomic E-state index is 5.52. The third kappa shape index (κ3) is 5.64. The molecule has 1 atom stereocenters. The van der Waals surface area contributed by atoms with E-state index in [2.05, 4.69) is 78.5 Å². The van der Waals surface area contributed by atoms with Crippen molar-refractivity contribution in [1.82, 2.24) is 15.3 Å². The maximum Gasteiger partial charge on any atom is 0.232 e. The predicted molar refractivity (Wildman–Crippen MR) is 133 cm³/mol. The molecule has 0 aliphatic carbocycles. The number of nitrogens with zero attached hydrogens (tertiary/aromatic N) is 4. The summed E-state index contributed by atoms with van der Waals surface area (Å²) in [6.45, 7) is 12.5. The van der Waals surface area contributed by atoms with E-state index in [-0.39, 0.29) is 5.54 Å². The minimum atomic E-state index is -0.122. The van der Waals surface area contributed by atoms with Crippen LogP contribution in [0.25, 0.3) is 0 Å². The molecule has 0 unspecified atom stereocenters. The van der Waals surface area contributed by atoms with Crippen LogP contribution in [0.1, 0.15) is 51.7 Å². The van der Waals surface area contributed by atoms with Crippen LogP contribution in [-0.4, -0.2) is 40.3 Å². The minimum absolute atomic E-state index is 0.122. The number of fused-ring (bicyclic) bond motifs is 1. The van der Waals surface area contributed by atoms with Crippen molar-refractivity contribution in [2.24, 2.45) is 5.92 Å². The highest BCUT2D eigenvalue weighted by Gasteiger charge is 2.23. The highest BCUT2D eigenvalue weighted by molar-refractivity contribution is 7.80. The summed E-state index contributed by atoms with van der Waals surface area (Å²) in [6, 6.07) is 10.8. The van der Waals surface area contributed by atoms with Crippen LogP contribution < -0.4 is 20.4 Å². The smallest absolute Gasteiger partial charge is 0.232 e. The number of thiocarbonyl (C=S) groups is 1. The van der Waals surface area contributed by atoms with Crippen molar-refractivity contribution in [2.45, 2.75) is 59.0 Å². The van der Waals surface area contributed by atoms with Crippen molar-refractivity contribution in [2.75, 3.05) is 34.8 Å². The van der Waals surface area contributed by atoms with Crippen molar-refractivity contribution in [3.05, 3.63) is 41.5 Å². The predicted octanol–water partition coefficient (Wildman–Crippen LogP) is 4.36. The topological polar surface area (TPSA) is 56.3 Å². The Morgan fingerprint density at radius 1 is 1.06 bits per heavy atom. The van der Waals surface area contributed by atoms with Gasteiger partial charge in [-0.05, 0) is 69.3 Å². The Morgan fingerprint density at radius 3 is 2.48 bits per heavy atom. The summed E-state index contributed by atoms with van der Waals surface area (Å²) >= 11 is 5.52. The first-order valence-electron chi connectivity index (χ1n) is 11.3. The van der Waals surface area contributed by atoms with Crippen LogP contribution >= 0.6 is 12.2 Å². The lowest BCUT2D eigenvalue weighted by molar-refractivity contribution is 0.444. The summed E-state index contributed by atoms with van der Waals surface area (Å²) < 4.78 is 0. The van der Waals surface area contributed by atoms with Crippen molar-refractivity contribution in [3.63, 3.8) is 0 Å². The number of hydrogen-bond donors (Lipinski definition) is 2. The van der Waals surface area contributed by atoms with Crippen molar-refractivity contribution < 1.29 is 0 Å². The van der Waals surface area contributed by atoms with Gasteiger partial charge in [0.2, 0.25) is 5.95 Å². The molecule has 0 spiro atoms. The second-order valence-corrected chi connectivity index (χ2v) is 10.3. The summed E-state index contributed by atoms with van der Waals surface area (Å²) in [5.41, 5.74) is 2.69. The third-order valence-electron chi connectivity index (χ3n) is 5.85. The Morgan fingerprint density at radius 2 is 1.77 bits per heavy atom. The van der Waals surface area contributed by atoms with Crippen molar-refractivity contribution in [3.8, 4) is 0 Å². The van der Waals surface area contributed by atoms with E-state index in [1.165, 1.54) is 24.0 Å². The molecule has 0 amide bonds. The highest BCUT2D eigenvalue weighted by atomic mass is 32.1. The fraction of sp³-hybridized carbons (Fsp3) is 0.542. The first kappa shape index (κ1) is 21.8. The lowest BCUT2D eigenvalue weighted by Crippen LogP contribution is -2.43. The standard InChI is InChI=1S/C24H34N6S/c1-17-8-7-12-29(15-17)20-14-21(26-22(25-20)27-23(31)28-24(2,3)4)30-13-11-18-9-5-6-10-19(18)16-30/h5-6,9-10,14,17H,7-8,11-13,15-16H2,1-4H3,(H2,25,26,27,28,31)/t17-/m1/s1. The van der Waals surface area contributed by atoms with E-state index in [1.807, 2.05) is 0 Å². The number of hydrogen-bond acceptors (Lipinski definition) is 5. The van der Waals surface area contributed by atoms with E-state index >= 15 is 0 Å². The van der Waals surface area contributed by atoms with Gasteiger partial charge in [0.25, 0.3) is 0 Å². The molecular weight excluding hydrogens is 404 g/mol. The van der Waals surface area contributed by atoms with Gasteiger partial charge in [0.1, 0.15) is 11.6 Å². The van der Waals surface area contributed by atoms with Gasteiger partial charge in [-0.3, -0.25) is 0 Å². The van der Waals surface area contributed by atoms with Gasteiger partial charge < -0.3 is 20.4 Å². The molecule has 3 heterocycles. The first-order valence-corrected chi connectivity index (χ1v) is 11.7. The lowest BCUT2D eigenvalue weighted by atomic mass is 10.00. The molecule has 2 aliphatic rings. The molecule has 2 aromatic rings. The van der Waals surface area contributed by atoms with Crippen LogP contribution in [-0.2, 0) is 13.0 Å². The Bertz CT molecular complexity index is 938. The second-order valence-electron chi connectivity index (χ2n) is 9.87. The number of benzene rings is 1. The summed E-state index contributed by atoms with van der Waals surface area (Å²) in [5, 5.41) is 7.08. The maximum absolute atomic E-state index is 5.52. The van der Waals surface area contributed by atoms with Gasteiger partial charge in [0, 0.05) is 37.8 Å². The van der Waals surface area contributed by atoms with Gasteiger partial charge in [0.05, 0.1) is 0 Å². The van der Waals surface area contributed by atoms with E-state index in [0.717, 1.165) is 44.2 Å². The van der Waals surface area contributed by atoms with Gasteiger partial charge in [-0.2, -0.15) is 9.97 Å². The van der Waals surface area contributed by atoms with E-state index in [1.54, 1.807) is 0 Å². The Balaban J connectivity index is 1.62. The molecule has 7 heteroatoms. The zero-order valence-electron chi connectivity index (χ0n) is 19.1. The molecule has 4 rings (SSSR count). The molecule has 1 aromatic heterocycles. The Kier molecular flexibility index (Phi) is 6.32. The summed E-state index contributed by atoms with van der Waals surface area (Å²) in [5.74, 6) is 3.18. The molecule has 2 aliphatic heterocycles. The average molecular weight is 439 g/mol. The molecule has 0 saturated carbocycles. The molecular formula is C24H34N6S. The number of nitrogens with one attached hydrogen (secondary N) is 2. The van der Waals surface area contributed by atoms with Crippen LogP contribution in [0, 0.1) is 5.92 Å². The molecule has 166 valence electrons. The molecule has 2 N–H and O–H groups in total. The lowest BCUT2D eigenvalue weighted by Gasteiger charge is -2.34. The molecule has 6 nitrogen and oxygen atoms in total. The molecule has 1 aromatic carbocycles. The van der Waals surface area contributed by atoms with E-state index in [4.69, 9.17) is 22.2 Å². The first-order chi connectivity index (χ1) is 14.8. The zero-order chi connectivity index (χ0) is 22.0. The summed E-state index contributed by atoms with van der Waals surface area (Å²) in [6.07, 6.45) is 3.51. The minimum Gasteiger partial charge on any atom is -0.358 e. The molecule has 1 saturated heterocycles. The van der Waals surface area contributed by atoms with E-state index in [9.17, 15) is 0 Å². The quantitative estimate of drug-likeness (QED) is 0.691. The summed E-state index contributed by atoms with van der Waals surface area (Å²) in [4.78, 5) is 14.5. The average Bonchev–Trinajstić information content (AvgIpc) is 2.71. The Labute approximate surface area is 191 Å². The van der Waals surface area contributed by atoms with Crippen molar-refractivity contribution >= 4 is 34.9 Å².